The molecule has 1 unspecified atom stereocenters. The molecule has 4 saturated carbocycles. The third kappa shape index (κ3) is 2.13. The van der Waals surface area contributed by atoms with Gasteiger partial charge >= 0.3 is 0 Å². The van der Waals surface area contributed by atoms with Crippen molar-refractivity contribution in [1.82, 2.24) is 9.88 Å². The molecule has 3 aromatic rings. The summed E-state index contributed by atoms with van der Waals surface area (Å²) in [5, 5.41) is 1.26. The maximum absolute atomic E-state index is 14.0. The molecule has 3 heteroatoms. The van der Waals surface area contributed by atoms with Crippen LogP contribution in [0, 0.1) is 24.7 Å². The van der Waals surface area contributed by atoms with Gasteiger partial charge in [0.1, 0.15) is 0 Å². The maximum atomic E-state index is 14.0. The smallest absolute Gasteiger partial charge is 0.255 e. The van der Waals surface area contributed by atoms with Crippen LogP contribution in [0.4, 0.5) is 0 Å². The Kier molecular flexibility index (Phi) is 3.31. The third-order valence-corrected chi connectivity index (χ3v) is 8.70. The van der Waals surface area contributed by atoms with E-state index in [4.69, 9.17) is 0 Å². The third-order valence-electron chi connectivity index (χ3n) is 8.70. The number of carbonyl (C=O) groups excluding carboxylic acids is 1. The highest BCUT2D eigenvalue weighted by Gasteiger charge is 2.58. The molecule has 0 spiro atoms. The standard InChI is InChI=1S/C27H28N2O/c1-16-24(22-8-4-5-9-23(22)28-16)25-20-6-2-3-7-21(20)26(30)29(25)27-13-17-10-18(14-27)12-19(11-17)15-27/h2-9,17-19,25,28H,10-15H2,1H3. The van der Waals surface area contributed by atoms with Gasteiger partial charge < -0.3 is 9.88 Å². The topological polar surface area (TPSA) is 36.1 Å². The average molecular weight is 397 g/mol. The lowest BCUT2D eigenvalue weighted by molar-refractivity contribution is -0.0806. The summed E-state index contributed by atoms with van der Waals surface area (Å²) in [7, 11) is 0. The molecule has 8 rings (SSSR count). The predicted molar refractivity (Wildman–Crippen MR) is 118 cm³/mol. The van der Waals surface area contributed by atoms with Gasteiger partial charge in [0.05, 0.1) is 6.04 Å². The Balaban J connectivity index is 1.46. The van der Waals surface area contributed by atoms with Crippen LogP contribution in [0.25, 0.3) is 10.9 Å². The van der Waals surface area contributed by atoms with E-state index in [2.05, 4.69) is 59.3 Å². The van der Waals surface area contributed by atoms with E-state index in [0.29, 0.717) is 0 Å². The summed E-state index contributed by atoms with van der Waals surface area (Å²) in [4.78, 5) is 20.0. The van der Waals surface area contributed by atoms with Crippen molar-refractivity contribution in [3.63, 3.8) is 0 Å². The fraction of sp³-hybridized carbons (Fsp3) is 0.444. The van der Waals surface area contributed by atoms with Crippen LogP contribution < -0.4 is 0 Å². The molecule has 152 valence electrons. The number of aromatic amines is 1. The number of amides is 1. The first-order chi connectivity index (χ1) is 14.6. The number of aryl methyl sites for hydroxylation is 1. The minimum Gasteiger partial charge on any atom is -0.358 e. The van der Waals surface area contributed by atoms with E-state index in [1.807, 2.05) is 6.07 Å². The van der Waals surface area contributed by atoms with E-state index >= 15 is 0 Å². The minimum atomic E-state index is 0.0288. The molecule has 0 radical (unpaired) electrons. The molecule has 4 fully saturated rings. The van der Waals surface area contributed by atoms with Crippen LogP contribution in [0.1, 0.15) is 71.7 Å². The molecule has 1 atom stereocenters. The van der Waals surface area contributed by atoms with Crippen LogP contribution in [0.5, 0.6) is 0 Å². The van der Waals surface area contributed by atoms with E-state index in [1.54, 1.807) is 0 Å². The normalized spacial score (nSPS) is 34.2. The van der Waals surface area contributed by atoms with Crippen molar-refractivity contribution in [2.24, 2.45) is 17.8 Å². The van der Waals surface area contributed by atoms with Crippen molar-refractivity contribution in [2.45, 2.75) is 57.0 Å². The van der Waals surface area contributed by atoms with Crippen LogP contribution in [0.15, 0.2) is 48.5 Å². The van der Waals surface area contributed by atoms with Gasteiger partial charge in [0, 0.05) is 33.3 Å². The van der Waals surface area contributed by atoms with Crippen molar-refractivity contribution in [2.75, 3.05) is 0 Å². The Morgan fingerprint density at radius 3 is 2.27 bits per heavy atom. The first-order valence-electron chi connectivity index (χ1n) is 11.6. The summed E-state index contributed by atoms with van der Waals surface area (Å²) in [6.07, 6.45) is 7.80. The largest absolute Gasteiger partial charge is 0.358 e. The number of nitrogens with one attached hydrogen (secondary N) is 1. The lowest BCUT2D eigenvalue weighted by Gasteiger charge is -2.60. The average Bonchev–Trinajstić information content (AvgIpc) is 3.21. The molecule has 1 amide bonds. The van der Waals surface area contributed by atoms with Crippen molar-refractivity contribution >= 4 is 16.8 Å². The predicted octanol–water partition coefficient (Wildman–Crippen LogP) is 5.99. The molecule has 0 saturated heterocycles. The van der Waals surface area contributed by atoms with E-state index < -0.39 is 0 Å². The zero-order valence-electron chi connectivity index (χ0n) is 17.5. The maximum Gasteiger partial charge on any atom is 0.255 e. The fourth-order valence-electron chi connectivity index (χ4n) is 8.10. The number of benzene rings is 2. The highest BCUT2D eigenvalue weighted by atomic mass is 16.2. The van der Waals surface area contributed by atoms with Crippen molar-refractivity contribution < 1.29 is 4.79 Å². The van der Waals surface area contributed by atoms with E-state index in [9.17, 15) is 4.79 Å². The highest BCUT2D eigenvalue weighted by molar-refractivity contribution is 6.01. The molecule has 2 aromatic carbocycles. The van der Waals surface area contributed by atoms with E-state index in [-0.39, 0.29) is 17.5 Å². The van der Waals surface area contributed by atoms with Gasteiger partial charge in [-0.15, -0.1) is 0 Å². The Labute approximate surface area is 177 Å². The Hall–Kier alpha value is -2.55. The molecule has 2 heterocycles. The number of rotatable bonds is 2. The van der Waals surface area contributed by atoms with Crippen molar-refractivity contribution in [3.8, 4) is 0 Å². The second-order valence-electron chi connectivity index (χ2n) is 10.5. The Morgan fingerprint density at radius 2 is 1.53 bits per heavy atom. The molecule has 4 bridgehead atoms. The minimum absolute atomic E-state index is 0.0288. The summed E-state index contributed by atoms with van der Waals surface area (Å²) in [5.74, 6) is 2.72. The molecule has 4 aliphatic carbocycles. The van der Waals surface area contributed by atoms with Crippen LogP contribution in [0.2, 0.25) is 0 Å². The zero-order chi connectivity index (χ0) is 20.0. The van der Waals surface area contributed by atoms with Crippen LogP contribution in [-0.4, -0.2) is 21.3 Å². The first-order valence-corrected chi connectivity index (χ1v) is 11.6. The van der Waals surface area contributed by atoms with Crippen LogP contribution in [-0.2, 0) is 0 Å². The van der Waals surface area contributed by atoms with Crippen molar-refractivity contribution in [3.05, 3.63) is 70.9 Å². The highest BCUT2D eigenvalue weighted by Crippen LogP contribution is 2.61. The quantitative estimate of drug-likeness (QED) is 0.567. The molecule has 30 heavy (non-hydrogen) atoms. The molecule has 1 N–H and O–H groups in total. The Morgan fingerprint density at radius 1 is 0.900 bits per heavy atom. The van der Waals surface area contributed by atoms with Gasteiger partial charge in [-0.3, -0.25) is 4.79 Å². The number of aromatic nitrogens is 1. The lowest BCUT2D eigenvalue weighted by Crippen LogP contribution is -2.61. The molecule has 1 aromatic heterocycles. The lowest BCUT2D eigenvalue weighted by atomic mass is 9.52. The van der Waals surface area contributed by atoms with Gasteiger partial charge in [-0.1, -0.05) is 36.4 Å². The van der Waals surface area contributed by atoms with Gasteiger partial charge in [0.15, 0.2) is 0 Å². The number of fused-ring (bicyclic) bond motifs is 2. The second kappa shape index (κ2) is 5.78. The summed E-state index contributed by atoms with van der Waals surface area (Å²) in [6, 6.07) is 17.0. The van der Waals surface area contributed by atoms with Gasteiger partial charge in [-0.05, 0) is 80.9 Å². The second-order valence-corrected chi connectivity index (χ2v) is 10.5. The van der Waals surface area contributed by atoms with E-state index in [1.165, 1.54) is 66.2 Å². The zero-order valence-corrected chi connectivity index (χ0v) is 17.5. The molecular formula is C27H28N2O. The molecular weight excluding hydrogens is 368 g/mol. The number of carbonyl (C=O) groups is 1. The molecule has 1 aliphatic heterocycles. The summed E-state index contributed by atoms with van der Waals surface area (Å²) in [6.45, 7) is 2.18. The van der Waals surface area contributed by atoms with Gasteiger partial charge in [0.2, 0.25) is 0 Å². The molecule has 5 aliphatic rings. The number of H-pyrrole nitrogens is 1. The summed E-state index contributed by atoms with van der Waals surface area (Å²) in [5.41, 5.74) is 5.83. The van der Waals surface area contributed by atoms with Crippen molar-refractivity contribution in [1.29, 1.82) is 0 Å². The first kappa shape index (κ1) is 17.2. The number of nitrogens with zero attached hydrogens (tertiary/aromatic N) is 1. The van der Waals surface area contributed by atoms with Gasteiger partial charge in [-0.25, -0.2) is 0 Å². The van der Waals surface area contributed by atoms with E-state index in [0.717, 1.165) is 23.3 Å². The van der Waals surface area contributed by atoms with Crippen LogP contribution >= 0.6 is 0 Å². The molecule has 3 nitrogen and oxygen atoms in total. The van der Waals surface area contributed by atoms with Crippen LogP contribution in [0.3, 0.4) is 0 Å². The summed E-state index contributed by atoms with van der Waals surface area (Å²) < 4.78 is 0. The van der Waals surface area contributed by atoms with Gasteiger partial charge in [-0.2, -0.15) is 0 Å². The number of para-hydroxylation sites is 1. The number of hydrogen-bond acceptors (Lipinski definition) is 1. The SMILES string of the molecule is Cc1[nH]c2ccccc2c1C1c2ccccc2C(=O)N1C12CC3CC(CC(C3)C1)C2. The fourth-order valence-corrected chi connectivity index (χ4v) is 8.10. The Bertz CT molecular complexity index is 1150. The monoisotopic (exact) mass is 396 g/mol. The number of hydrogen-bond donors (Lipinski definition) is 1. The van der Waals surface area contributed by atoms with Gasteiger partial charge in [0.25, 0.3) is 5.91 Å². The summed E-state index contributed by atoms with van der Waals surface area (Å²) >= 11 is 0.